The van der Waals surface area contributed by atoms with E-state index in [0.717, 1.165) is 17.0 Å². The Bertz CT molecular complexity index is 1320. The summed E-state index contributed by atoms with van der Waals surface area (Å²) in [6, 6.07) is 14.0. The maximum atomic E-state index is 14.8. The van der Waals surface area contributed by atoms with Gasteiger partial charge in [0.25, 0.3) is 0 Å². The largest absolute Gasteiger partial charge is 0.419 e. The number of nitrogens with zero attached hydrogens (tertiary/aromatic N) is 1. The third-order valence-electron chi connectivity index (χ3n) is 5.56. The Morgan fingerprint density at radius 2 is 1.74 bits per heavy atom. The van der Waals surface area contributed by atoms with E-state index in [-0.39, 0.29) is 18.0 Å². The smallest absolute Gasteiger partial charge is 0.366 e. The number of amides is 1. The molecule has 0 radical (unpaired) electrons. The number of nitrogens with two attached hydrogens (primary N) is 1. The zero-order valence-electron chi connectivity index (χ0n) is 16.9. The van der Waals surface area contributed by atoms with Crippen LogP contribution in [-0.4, -0.2) is 10.5 Å². The Morgan fingerprint density at radius 3 is 2.39 bits per heavy atom. The molecular weight excluding hydrogens is 408 g/mol. The summed E-state index contributed by atoms with van der Waals surface area (Å²) in [6.45, 7) is 3.92. The second kappa shape index (κ2) is 7.41. The van der Waals surface area contributed by atoms with E-state index in [2.05, 4.69) is 0 Å². The Morgan fingerprint density at radius 1 is 1.03 bits per heavy atom. The number of primary amides is 1. The molecule has 0 saturated carbocycles. The summed E-state index contributed by atoms with van der Waals surface area (Å²) < 4.78 is 56.1. The third kappa shape index (κ3) is 3.54. The predicted molar refractivity (Wildman–Crippen MR) is 113 cm³/mol. The van der Waals surface area contributed by atoms with Crippen molar-refractivity contribution in [2.75, 3.05) is 0 Å². The SMILES string of the molecule is CC(C)c1ccc2c3c(C(N)=O)cccc3n(Cc3cccc(C(F)(F)F)c3F)c2c1. The number of fused-ring (bicyclic) bond motifs is 3. The van der Waals surface area contributed by atoms with Gasteiger partial charge in [0, 0.05) is 27.4 Å². The lowest BCUT2D eigenvalue weighted by molar-refractivity contribution is -0.140. The minimum Gasteiger partial charge on any atom is -0.366 e. The molecular formula is C24H20F4N2O. The lowest BCUT2D eigenvalue weighted by Gasteiger charge is -2.14. The van der Waals surface area contributed by atoms with E-state index < -0.39 is 23.5 Å². The zero-order chi connectivity index (χ0) is 22.5. The normalized spacial score (nSPS) is 12.2. The van der Waals surface area contributed by atoms with Crippen LogP contribution in [0, 0.1) is 5.82 Å². The van der Waals surface area contributed by atoms with E-state index >= 15 is 0 Å². The van der Waals surface area contributed by atoms with E-state index in [1.165, 1.54) is 12.1 Å². The van der Waals surface area contributed by atoms with Crippen molar-refractivity contribution in [3.8, 4) is 0 Å². The van der Waals surface area contributed by atoms with Crippen molar-refractivity contribution in [1.82, 2.24) is 4.57 Å². The van der Waals surface area contributed by atoms with Gasteiger partial charge >= 0.3 is 6.18 Å². The molecule has 0 atom stereocenters. The molecule has 0 fully saturated rings. The van der Waals surface area contributed by atoms with Gasteiger partial charge in [-0.15, -0.1) is 0 Å². The summed E-state index contributed by atoms with van der Waals surface area (Å²) in [5.74, 6) is -1.70. The molecule has 160 valence electrons. The van der Waals surface area contributed by atoms with Crippen molar-refractivity contribution in [2.24, 2.45) is 5.73 Å². The first-order valence-electron chi connectivity index (χ1n) is 9.79. The van der Waals surface area contributed by atoms with E-state index in [0.29, 0.717) is 22.0 Å². The van der Waals surface area contributed by atoms with Crippen LogP contribution in [-0.2, 0) is 12.7 Å². The second-order valence-corrected chi connectivity index (χ2v) is 7.86. The van der Waals surface area contributed by atoms with Crippen LogP contribution in [0.1, 0.15) is 46.8 Å². The van der Waals surface area contributed by atoms with E-state index in [1.54, 1.807) is 22.8 Å². The molecule has 0 aliphatic carbocycles. The highest BCUT2D eigenvalue weighted by Crippen LogP contribution is 2.36. The zero-order valence-corrected chi connectivity index (χ0v) is 16.9. The van der Waals surface area contributed by atoms with Crippen molar-refractivity contribution in [3.05, 3.63) is 82.7 Å². The monoisotopic (exact) mass is 428 g/mol. The summed E-state index contributed by atoms with van der Waals surface area (Å²) in [4.78, 5) is 12.0. The molecule has 2 N–H and O–H groups in total. The first-order chi connectivity index (χ1) is 14.6. The molecule has 1 aromatic heterocycles. The van der Waals surface area contributed by atoms with Crippen LogP contribution < -0.4 is 5.73 Å². The minimum absolute atomic E-state index is 0.0898. The Kier molecular flexibility index (Phi) is 5.00. The summed E-state index contributed by atoms with van der Waals surface area (Å²) in [7, 11) is 0. The summed E-state index contributed by atoms with van der Waals surface area (Å²) in [5.41, 5.74) is 6.81. The number of aromatic nitrogens is 1. The Hall–Kier alpha value is -3.35. The van der Waals surface area contributed by atoms with Gasteiger partial charge < -0.3 is 10.3 Å². The van der Waals surface area contributed by atoms with Gasteiger partial charge in [0.1, 0.15) is 5.82 Å². The van der Waals surface area contributed by atoms with Crippen molar-refractivity contribution >= 4 is 27.7 Å². The lowest BCUT2D eigenvalue weighted by atomic mass is 10.00. The first kappa shape index (κ1) is 20.9. The Labute approximate surface area is 176 Å². The molecule has 0 unspecified atom stereocenters. The summed E-state index contributed by atoms with van der Waals surface area (Å²) >= 11 is 0. The van der Waals surface area contributed by atoms with E-state index in [4.69, 9.17) is 5.73 Å². The highest BCUT2D eigenvalue weighted by molar-refractivity contribution is 6.18. The van der Waals surface area contributed by atoms with Crippen LogP contribution in [0.5, 0.6) is 0 Å². The number of halogens is 4. The average molecular weight is 428 g/mol. The highest BCUT2D eigenvalue weighted by atomic mass is 19.4. The van der Waals surface area contributed by atoms with Gasteiger partial charge in [-0.25, -0.2) is 4.39 Å². The van der Waals surface area contributed by atoms with E-state index in [1.807, 2.05) is 32.0 Å². The maximum Gasteiger partial charge on any atom is 0.419 e. The fourth-order valence-electron chi connectivity index (χ4n) is 3.99. The van der Waals surface area contributed by atoms with Crippen LogP contribution in [0.3, 0.4) is 0 Å². The third-order valence-corrected chi connectivity index (χ3v) is 5.56. The van der Waals surface area contributed by atoms with Gasteiger partial charge in [0.15, 0.2) is 0 Å². The van der Waals surface area contributed by atoms with Gasteiger partial charge in [-0.2, -0.15) is 13.2 Å². The number of benzene rings is 3. The fraction of sp³-hybridized carbons (Fsp3) is 0.208. The molecule has 7 heteroatoms. The highest BCUT2D eigenvalue weighted by Gasteiger charge is 2.35. The number of alkyl halides is 3. The number of carbonyl (C=O) groups excluding carboxylic acids is 1. The summed E-state index contributed by atoms with van der Waals surface area (Å²) in [5, 5.41) is 1.34. The molecule has 0 aliphatic rings. The number of hydrogen-bond donors (Lipinski definition) is 1. The molecule has 4 aromatic rings. The molecule has 31 heavy (non-hydrogen) atoms. The van der Waals surface area contributed by atoms with Crippen molar-refractivity contribution in [1.29, 1.82) is 0 Å². The van der Waals surface area contributed by atoms with Crippen LogP contribution >= 0.6 is 0 Å². The van der Waals surface area contributed by atoms with Gasteiger partial charge in [0.2, 0.25) is 5.91 Å². The molecule has 0 aliphatic heterocycles. The Balaban J connectivity index is 2.02. The molecule has 4 rings (SSSR count). The van der Waals surface area contributed by atoms with Crippen molar-refractivity contribution in [2.45, 2.75) is 32.5 Å². The maximum absolute atomic E-state index is 14.8. The molecule has 3 aromatic carbocycles. The van der Waals surface area contributed by atoms with Gasteiger partial charge in [0.05, 0.1) is 17.6 Å². The lowest BCUT2D eigenvalue weighted by Crippen LogP contribution is -2.12. The van der Waals surface area contributed by atoms with E-state index in [9.17, 15) is 22.4 Å². The topological polar surface area (TPSA) is 48.0 Å². The van der Waals surface area contributed by atoms with Gasteiger partial charge in [-0.1, -0.05) is 44.2 Å². The van der Waals surface area contributed by atoms with Crippen LogP contribution in [0.25, 0.3) is 21.8 Å². The predicted octanol–water partition coefficient (Wildman–Crippen LogP) is 6.22. The average Bonchev–Trinajstić information content (AvgIpc) is 3.01. The minimum atomic E-state index is -4.79. The molecule has 3 nitrogen and oxygen atoms in total. The molecule has 1 amide bonds. The molecule has 0 bridgehead atoms. The summed E-state index contributed by atoms with van der Waals surface area (Å²) in [6.07, 6.45) is -4.79. The number of hydrogen-bond acceptors (Lipinski definition) is 1. The molecule has 1 heterocycles. The number of rotatable bonds is 4. The molecule has 0 saturated heterocycles. The van der Waals surface area contributed by atoms with Gasteiger partial charge in [-0.05, 0) is 35.7 Å². The van der Waals surface area contributed by atoms with Crippen molar-refractivity contribution in [3.63, 3.8) is 0 Å². The second-order valence-electron chi connectivity index (χ2n) is 7.86. The first-order valence-corrected chi connectivity index (χ1v) is 9.79. The fourth-order valence-corrected chi connectivity index (χ4v) is 3.99. The van der Waals surface area contributed by atoms with Crippen LogP contribution in [0.15, 0.2) is 54.6 Å². The number of carbonyl (C=O) groups is 1. The van der Waals surface area contributed by atoms with Gasteiger partial charge in [-0.3, -0.25) is 4.79 Å². The van der Waals surface area contributed by atoms with Crippen LogP contribution in [0.4, 0.5) is 17.6 Å². The van der Waals surface area contributed by atoms with Crippen LogP contribution in [0.2, 0.25) is 0 Å². The standard InChI is InChI=1S/C24H20F4N2O/c1-13(2)14-9-10-16-20(11-14)30(19-8-4-6-17(21(16)19)23(29)31)12-15-5-3-7-18(22(15)25)24(26,27)28/h3-11,13H,12H2,1-2H3,(H2,29,31). The van der Waals surface area contributed by atoms with Crippen molar-refractivity contribution < 1.29 is 22.4 Å². The molecule has 0 spiro atoms. The quantitative estimate of drug-likeness (QED) is 0.385.